The van der Waals surface area contributed by atoms with Crippen LogP contribution in [-0.4, -0.2) is 29.3 Å². The maximum Gasteiger partial charge on any atom is 0.449 e. The molecule has 0 heterocycles. The van der Waals surface area contributed by atoms with Crippen molar-refractivity contribution >= 4 is 17.4 Å². The van der Waals surface area contributed by atoms with Gasteiger partial charge in [0.25, 0.3) is 5.91 Å². The third kappa shape index (κ3) is 13.4. The molecule has 0 aliphatic rings. The van der Waals surface area contributed by atoms with Gasteiger partial charge < -0.3 is 5.32 Å². The lowest BCUT2D eigenvalue weighted by Crippen LogP contribution is -2.24. The van der Waals surface area contributed by atoms with Crippen molar-refractivity contribution in [2.24, 2.45) is 0 Å². The van der Waals surface area contributed by atoms with Crippen molar-refractivity contribution in [1.29, 1.82) is 0 Å². The van der Waals surface area contributed by atoms with Gasteiger partial charge in [-0.3, -0.25) is 19.7 Å². The van der Waals surface area contributed by atoms with Crippen LogP contribution in [0.15, 0.2) is 66.8 Å². The van der Waals surface area contributed by atoms with E-state index in [2.05, 4.69) is 5.32 Å². The number of rotatable bonds is 16. The zero-order valence-electron chi connectivity index (χ0n) is 19.8. The summed E-state index contributed by atoms with van der Waals surface area (Å²) in [6, 6.07) is 3.02. The van der Waals surface area contributed by atoms with E-state index in [0.29, 0.717) is 25.8 Å². The predicted octanol–water partition coefficient (Wildman–Crippen LogP) is 6.94. The molecule has 0 atom stereocenters. The Morgan fingerprint density at radius 3 is 1.94 bits per heavy atom. The molecule has 0 bridgehead atoms. The average Bonchev–Trinajstić information content (AvgIpc) is 2.82. The van der Waals surface area contributed by atoms with Crippen LogP contribution >= 0.6 is 0 Å². The Morgan fingerprint density at radius 1 is 0.889 bits per heavy atom. The van der Waals surface area contributed by atoms with Crippen molar-refractivity contribution < 1.29 is 32.1 Å². The van der Waals surface area contributed by atoms with E-state index in [1.54, 1.807) is 6.08 Å². The molecule has 36 heavy (non-hydrogen) atoms. The highest BCUT2D eigenvalue weighted by Crippen LogP contribution is 2.19. The molecule has 0 fully saturated rings. The van der Waals surface area contributed by atoms with Crippen LogP contribution in [-0.2, 0) is 4.79 Å². The Labute approximate surface area is 207 Å². The number of unbranched alkanes of at least 4 members (excludes halogenated alkanes) is 2. The minimum absolute atomic E-state index is 0.0337. The van der Waals surface area contributed by atoms with Crippen molar-refractivity contribution in [3.05, 3.63) is 88.3 Å². The Bertz CT molecular complexity index is 983. The van der Waals surface area contributed by atoms with Gasteiger partial charge in [0.2, 0.25) is 11.6 Å². The summed E-state index contributed by atoms with van der Waals surface area (Å²) in [4.78, 5) is 32.6. The van der Waals surface area contributed by atoms with Gasteiger partial charge in [-0.2, -0.15) is 17.6 Å². The highest BCUT2D eigenvalue weighted by molar-refractivity contribution is 5.94. The van der Waals surface area contributed by atoms with Gasteiger partial charge in [-0.25, -0.2) is 0 Å². The van der Waals surface area contributed by atoms with E-state index in [4.69, 9.17) is 0 Å². The summed E-state index contributed by atoms with van der Waals surface area (Å²) >= 11 is 0. The van der Waals surface area contributed by atoms with Crippen molar-refractivity contribution in [1.82, 2.24) is 5.32 Å². The second-order valence-corrected chi connectivity index (χ2v) is 7.73. The molecule has 1 amide bonds. The van der Waals surface area contributed by atoms with E-state index in [-0.39, 0.29) is 12.0 Å². The predicted molar refractivity (Wildman–Crippen MR) is 130 cm³/mol. The molecule has 1 aromatic carbocycles. The van der Waals surface area contributed by atoms with Crippen LogP contribution in [0.1, 0.15) is 61.7 Å². The van der Waals surface area contributed by atoms with Crippen molar-refractivity contribution in [2.45, 2.75) is 57.5 Å². The fourth-order valence-corrected chi connectivity index (χ4v) is 2.89. The standard InChI is InChI=1S/C26H30F4N2O4/c27-22-18-17-21(20-23(22)32(35)36)25(34)31-19-15-13-11-9-7-5-3-1-2-4-6-8-10-12-14-16-24(33)26(28,29)30/h2-5,8-11,17-18,20H,1,6-7,12-16,19H2,(H,31,34)/b4-2-,5-3-,10-8-,11-9-. The molecule has 6 nitrogen and oxygen atoms in total. The monoisotopic (exact) mass is 510 g/mol. The normalized spacial score (nSPS) is 12.3. The zero-order valence-corrected chi connectivity index (χ0v) is 19.8. The Balaban J connectivity index is 2.08. The van der Waals surface area contributed by atoms with Crippen LogP contribution in [0, 0.1) is 15.9 Å². The SMILES string of the molecule is O=C(NCCC/C=C\C/C=C\C/C=C\C/C=C\CCCC(=O)C(F)(F)F)c1ccc(F)c([N+](=O)[O-])c1. The van der Waals surface area contributed by atoms with Crippen molar-refractivity contribution in [2.75, 3.05) is 6.54 Å². The van der Waals surface area contributed by atoms with Crippen LogP contribution in [0.5, 0.6) is 0 Å². The van der Waals surface area contributed by atoms with E-state index < -0.39 is 40.7 Å². The van der Waals surface area contributed by atoms with E-state index in [9.17, 15) is 37.3 Å². The molecule has 0 aliphatic carbocycles. The van der Waals surface area contributed by atoms with Gasteiger partial charge in [-0.05, 0) is 57.1 Å². The summed E-state index contributed by atoms with van der Waals surface area (Å²) in [7, 11) is 0. The first-order valence-electron chi connectivity index (χ1n) is 11.5. The summed E-state index contributed by atoms with van der Waals surface area (Å²) in [5.74, 6) is -3.16. The molecule has 1 aromatic rings. The molecule has 0 saturated carbocycles. The molecule has 10 heteroatoms. The number of ketones is 1. The second-order valence-electron chi connectivity index (χ2n) is 7.73. The largest absolute Gasteiger partial charge is 0.449 e. The van der Waals surface area contributed by atoms with Crippen LogP contribution in [0.3, 0.4) is 0 Å². The Morgan fingerprint density at radius 2 is 1.42 bits per heavy atom. The topological polar surface area (TPSA) is 89.3 Å². The number of Topliss-reactive ketones (excluding diaryl/α,β-unsaturated/α-hetero) is 1. The quantitative estimate of drug-likeness (QED) is 0.0858. The maximum atomic E-state index is 13.3. The number of amides is 1. The number of alkyl halides is 3. The molecule has 0 saturated heterocycles. The molecule has 0 spiro atoms. The number of hydrogen-bond donors (Lipinski definition) is 1. The molecule has 0 aliphatic heterocycles. The number of nitrogens with one attached hydrogen (secondary N) is 1. The first-order valence-corrected chi connectivity index (χ1v) is 11.5. The summed E-state index contributed by atoms with van der Waals surface area (Å²) in [5, 5.41) is 13.4. The van der Waals surface area contributed by atoms with Crippen LogP contribution < -0.4 is 5.32 Å². The smallest absolute Gasteiger partial charge is 0.352 e. The summed E-state index contributed by atoms with van der Waals surface area (Å²) < 4.78 is 49.5. The van der Waals surface area contributed by atoms with Gasteiger partial charge in [0, 0.05) is 24.6 Å². The lowest BCUT2D eigenvalue weighted by atomic mass is 10.1. The highest BCUT2D eigenvalue weighted by atomic mass is 19.4. The fraction of sp³-hybridized carbons (Fsp3) is 0.385. The number of nitrogens with zero attached hydrogens (tertiary/aromatic N) is 1. The van der Waals surface area contributed by atoms with Gasteiger partial charge in [-0.15, -0.1) is 0 Å². The molecule has 1 rings (SSSR count). The molecule has 0 aromatic heterocycles. The minimum atomic E-state index is -4.74. The lowest BCUT2D eigenvalue weighted by Gasteiger charge is -2.04. The number of benzene rings is 1. The summed E-state index contributed by atoms with van der Waals surface area (Å²) in [5.41, 5.74) is -0.701. The average molecular weight is 511 g/mol. The number of nitro groups is 1. The first kappa shape index (κ1) is 30.5. The Kier molecular flexibility index (Phi) is 14.4. The molecular weight excluding hydrogens is 480 g/mol. The number of carbonyl (C=O) groups is 2. The molecule has 0 unspecified atom stereocenters. The zero-order chi connectivity index (χ0) is 26.8. The maximum absolute atomic E-state index is 13.3. The number of hydrogen-bond acceptors (Lipinski definition) is 4. The third-order valence-electron chi connectivity index (χ3n) is 4.81. The highest BCUT2D eigenvalue weighted by Gasteiger charge is 2.36. The van der Waals surface area contributed by atoms with Gasteiger partial charge >= 0.3 is 11.9 Å². The van der Waals surface area contributed by atoms with Gasteiger partial charge in [0.1, 0.15) is 0 Å². The lowest BCUT2D eigenvalue weighted by molar-refractivity contribution is -0.387. The van der Waals surface area contributed by atoms with Gasteiger partial charge in [0.15, 0.2) is 0 Å². The van der Waals surface area contributed by atoms with Crippen molar-refractivity contribution in [3.63, 3.8) is 0 Å². The third-order valence-corrected chi connectivity index (χ3v) is 4.81. The van der Waals surface area contributed by atoms with E-state index >= 15 is 0 Å². The number of carbonyl (C=O) groups excluding carboxylic acids is 2. The van der Waals surface area contributed by atoms with E-state index in [1.165, 1.54) is 6.07 Å². The molecule has 0 radical (unpaired) electrons. The molecular formula is C26H30F4N2O4. The number of halogens is 4. The van der Waals surface area contributed by atoms with Gasteiger partial charge in [-0.1, -0.05) is 48.6 Å². The molecule has 196 valence electrons. The van der Waals surface area contributed by atoms with Gasteiger partial charge in [0.05, 0.1) is 4.92 Å². The Hall–Kier alpha value is -3.56. The summed E-state index contributed by atoms with van der Waals surface area (Å²) in [6.07, 6.45) is 14.6. The number of nitro benzene ring substituents is 1. The van der Waals surface area contributed by atoms with Crippen molar-refractivity contribution in [3.8, 4) is 0 Å². The second kappa shape index (κ2) is 17.0. The minimum Gasteiger partial charge on any atom is -0.352 e. The first-order chi connectivity index (χ1) is 17.1. The van der Waals surface area contributed by atoms with E-state index in [1.807, 2.05) is 42.5 Å². The fourth-order valence-electron chi connectivity index (χ4n) is 2.89. The van der Waals surface area contributed by atoms with Crippen LogP contribution in [0.25, 0.3) is 0 Å². The van der Waals surface area contributed by atoms with Crippen LogP contribution in [0.4, 0.5) is 23.2 Å². The van der Waals surface area contributed by atoms with Crippen LogP contribution in [0.2, 0.25) is 0 Å². The summed E-state index contributed by atoms with van der Waals surface area (Å²) in [6.45, 7) is 0.384. The molecule has 1 N–H and O–H groups in total. The van der Waals surface area contributed by atoms with E-state index in [0.717, 1.165) is 31.4 Å². The number of allylic oxidation sites excluding steroid dienone is 8.